The van der Waals surface area contributed by atoms with E-state index in [0.717, 1.165) is 15.8 Å². The van der Waals surface area contributed by atoms with Crippen molar-refractivity contribution in [3.63, 3.8) is 0 Å². The first kappa shape index (κ1) is 14.1. The second-order valence-corrected chi connectivity index (χ2v) is 8.37. The van der Waals surface area contributed by atoms with Crippen molar-refractivity contribution in [1.29, 1.82) is 0 Å². The van der Waals surface area contributed by atoms with E-state index in [0.29, 0.717) is 0 Å². The van der Waals surface area contributed by atoms with Crippen LogP contribution in [-0.2, 0) is 16.4 Å². The van der Waals surface area contributed by atoms with Gasteiger partial charge in [-0.25, -0.2) is 8.42 Å². The van der Waals surface area contributed by atoms with Gasteiger partial charge in [-0.2, -0.15) is 4.72 Å². The molecule has 1 heterocycles. The number of nitrogens with one attached hydrogen (secondary N) is 1. The van der Waals surface area contributed by atoms with E-state index in [-0.39, 0.29) is 10.3 Å². The molecule has 0 saturated carbocycles. The van der Waals surface area contributed by atoms with E-state index >= 15 is 0 Å². The molecule has 1 atom stereocenters. The zero-order valence-electron chi connectivity index (χ0n) is 10.4. The van der Waals surface area contributed by atoms with Crippen molar-refractivity contribution < 1.29 is 8.42 Å². The molecule has 1 unspecified atom stereocenters. The Kier molecular flexibility index (Phi) is 3.90. The minimum Gasteiger partial charge on any atom is -0.207 e. The maximum Gasteiger partial charge on any atom is 0.241 e. The molecule has 3 rings (SSSR count). The molecule has 104 valence electrons. The van der Waals surface area contributed by atoms with Gasteiger partial charge in [0, 0.05) is 9.37 Å². The fourth-order valence-corrected chi connectivity index (χ4v) is 5.03. The number of rotatable bonds is 3. The Hall–Kier alpha value is -0.820. The summed E-state index contributed by atoms with van der Waals surface area (Å²) < 4.78 is 28.2. The van der Waals surface area contributed by atoms with Crippen LogP contribution in [0.15, 0.2) is 62.8 Å². The second-order valence-electron chi connectivity index (χ2n) is 4.49. The Balaban J connectivity index is 1.77. The number of fused-ring (bicyclic) bond motifs is 1. The molecule has 2 aromatic rings. The van der Waals surface area contributed by atoms with Gasteiger partial charge in [0.25, 0.3) is 0 Å². The lowest BCUT2D eigenvalue weighted by molar-refractivity contribution is 0.578. The predicted octanol–water partition coefficient (Wildman–Crippen LogP) is 3.40. The van der Waals surface area contributed by atoms with Gasteiger partial charge in [-0.3, -0.25) is 0 Å². The van der Waals surface area contributed by atoms with Crippen molar-refractivity contribution in [1.82, 2.24) is 4.72 Å². The molecule has 1 aliphatic heterocycles. The van der Waals surface area contributed by atoms with Crippen molar-refractivity contribution in [2.24, 2.45) is 0 Å². The summed E-state index contributed by atoms with van der Waals surface area (Å²) in [5.41, 5.74) is 1.20. The lowest BCUT2D eigenvalue weighted by atomic mass is 10.2. The van der Waals surface area contributed by atoms with E-state index in [2.05, 4.69) is 20.7 Å². The molecule has 6 heteroatoms. The zero-order valence-corrected chi connectivity index (χ0v) is 13.6. The molecular formula is C14H12BrNO2S2. The first-order valence-corrected chi connectivity index (χ1v) is 9.23. The third-order valence-corrected chi connectivity index (χ3v) is 6.44. The molecular weight excluding hydrogens is 358 g/mol. The van der Waals surface area contributed by atoms with Crippen LogP contribution in [0.5, 0.6) is 0 Å². The lowest BCUT2D eigenvalue weighted by Gasteiger charge is -2.12. The maximum absolute atomic E-state index is 12.3. The van der Waals surface area contributed by atoms with E-state index in [1.165, 1.54) is 5.56 Å². The Morgan fingerprint density at radius 2 is 1.80 bits per heavy atom. The van der Waals surface area contributed by atoms with Gasteiger partial charge in [-0.05, 0) is 42.3 Å². The third kappa shape index (κ3) is 2.93. The van der Waals surface area contributed by atoms with Crippen LogP contribution in [0.1, 0.15) is 5.56 Å². The molecule has 0 fully saturated rings. The minimum atomic E-state index is -3.47. The molecule has 0 bridgehead atoms. The normalized spacial score (nSPS) is 17.9. The van der Waals surface area contributed by atoms with Gasteiger partial charge in [0.1, 0.15) is 0 Å². The van der Waals surface area contributed by atoms with Gasteiger partial charge in [-0.1, -0.05) is 34.1 Å². The lowest BCUT2D eigenvalue weighted by Crippen LogP contribution is -2.32. The van der Waals surface area contributed by atoms with Gasteiger partial charge in [0.2, 0.25) is 10.0 Å². The minimum absolute atomic E-state index is 0.138. The van der Waals surface area contributed by atoms with Gasteiger partial charge in [-0.15, -0.1) is 11.8 Å². The van der Waals surface area contributed by atoms with E-state index in [1.54, 1.807) is 36.0 Å². The summed E-state index contributed by atoms with van der Waals surface area (Å²) in [4.78, 5) is 1.44. The van der Waals surface area contributed by atoms with Crippen LogP contribution in [0.3, 0.4) is 0 Å². The molecule has 0 saturated heterocycles. The fourth-order valence-electron chi connectivity index (χ4n) is 2.10. The maximum atomic E-state index is 12.3. The van der Waals surface area contributed by atoms with Crippen molar-refractivity contribution in [2.45, 2.75) is 21.6 Å². The van der Waals surface area contributed by atoms with E-state index in [1.807, 2.05) is 24.3 Å². The van der Waals surface area contributed by atoms with Crippen LogP contribution in [0.2, 0.25) is 0 Å². The highest BCUT2D eigenvalue weighted by Crippen LogP contribution is 2.36. The monoisotopic (exact) mass is 369 g/mol. The van der Waals surface area contributed by atoms with Gasteiger partial charge in [0.05, 0.1) is 10.3 Å². The zero-order chi connectivity index (χ0) is 14.2. The van der Waals surface area contributed by atoms with Crippen LogP contribution in [-0.4, -0.2) is 13.8 Å². The molecule has 0 spiro atoms. The van der Waals surface area contributed by atoms with Crippen molar-refractivity contribution in [2.75, 3.05) is 0 Å². The Labute approximate surface area is 131 Å². The Morgan fingerprint density at radius 3 is 2.50 bits per heavy atom. The van der Waals surface area contributed by atoms with Crippen molar-refractivity contribution in [3.05, 3.63) is 58.6 Å². The summed E-state index contributed by atoms with van der Waals surface area (Å²) >= 11 is 4.86. The van der Waals surface area contributed by atoms with Crippen LogP contribution in [0.4, 0.5) is 0 Å². The van der Waals surface area contributed by atoms with E-state index in [9.17, 15) is 8.42 Å². The van der Waals surface area contributed by atoms with Crippen LogP contribution in [0.25, 0.3) is 0 Å². The standard InChI is InChI=1S/C14H12BrNO2S2/c15-11-5-7-12(8-6-11)20(17,18)16-14-9-10-3-1-2-4-13(10)19-14/h1-8,14,16H,9H2. The first-order valence-electron chi connectivity index (χ1n) is 6.07. The molecule has 2 aromatic carbocycles. The Bertz CT molecular complexity index is 704. The number of hydrogen-bond acceptors (Lipinski definition) is 3. The van der Waals surface area contributed by atoms with Crippen LogP contribution >= 0.6 is 27.7 Å². The van der Waals surface area contributed by atoms with E-state index in [4.69, 9.17) is 0 Å². The van der Waals surface area contributed by atoms with Gasteiger partial charge in [0.15, 0.2) is 0 Å². The first-order chi connectivity index (χ1) is 9.54. The van der Waals surface area contributed by atoms with Crippen LogP contribution in [0, 0.1) is 0 Å². The fraction of sp³-hybridized carbons (Fsp3) is 0.143. The Morgan fingerprint density at radius 1 is 1.10 bits per heavy atom. The summed E-state index contributed by atoms with van der Waals surface area (Å²) in [6, 6.07) is 14.7. The summed E-state index contributed by atoms with van der Waals surface area (Å²) in [5, 5.41) is -0.138. The summed E-state index contributed by atoms with van der Waals surface area (Å²) in [5.74, 6) is 0. The summed E-state index contributed by atoms with van der Waals surface area (Å²) in [6.45, 7) is 0. The second kappa shape index (κ2) is 5.52. The molecule has 1 aliphatic rings. The topological polar surface area (TPSA) is 46.2 Å². The molecule has 20 heavy (non-hydrogen) atoms. The SMILES string of the molecule is O=S(=O)(NC1Cc2ccccc2S1)c1ccc(Br)cc1. The average Bonchev–Trinajstić information content (AvgIpc) is 2.80. The van der Waals surface area contributed by atoms with E-state index < -0.39 is 10.0 Å². The smallest absolute Gasteiger partial charge is 0.207 e. The summed E-state index contributed by atoms with van der Waals surface area (Å²) in [7, 11) is -3.47. The third-order valence-electron chi connectivity index (χ3n) is 3.06. The van der Waals surface area contributed by atoms with Crippen LogP contribution < -0.4 is 4.72 Å². The molecule has 0 aromatic heterocycles. The molecule has 3 nitrogen and oxygen atoms in total. The highest BCUT2D eigenvalue weighted by atomic mass is 79.9. The highest BCUT2D eigenvalue weighted by molar-refractivity contribution is 9.10. The number of benzene rings is 2. The van der Waals surface area contributed by atoms with Crippen molar-refractivity contribution in [3.8, 4) is 0 Å². The largest absolute Gasteiger partial charge is 0.241 e. The molecule has 1 N–H and O–H groups in total. The number of sulfonamides is 1. The summed E-state index contributed by atoms with van der Waals surface area (Å²) in [6.07, 6.45) is 0.719. The van der Waals surface area contributed by atoms with Crippen molar-refractivity contribution >= 4 is 37.7 Å². The molecule has 0 aliphatic carbocycles. The predicted molar refractivity (Wildman–Crippen MR) is 84.3 cm³/mol. The van der Waals surface area contributed by atoms with Gasteiger partial charge < -0.3 is 0 Å². The molecule has 0 radical (unpaired) electrons. The average molecular weight is 370 g/mol. The highest BCUT2D eigenvalue weighted by Gasteiger charge is 2.26. The number of halogens is 1. The van der Waals surface area contributed by atoms with Gasteiger partial charge >= 0.3 is 0 Å². The number of thioether (sulfide) groups is 1. The quantitative estimate of drug-likeness (QED) is 0.901. The number of hydrogen-bond donors (Lipinski definition) is 1. The molecule has 0 amide bonds.